The lowest BCUT2D eigenvalue weighted by molar-refractivity contribution is -0.149. The molecule has 3 heterocycles. The minimum atomic E-state index is 0.0798. The molecule has 3 rings (SSSR count). The van der Waals surface area contributed by atoms with Crippen LogP contribution in [0.1, 0.15) is 14.5 Å². The summed E-state index contributed by atoms with van der Waals surface area (Å²) in [5, 5.41) is 0. The lowest BCUT2D eigenvalue weighted by Crippen LogP contribution is -2.73. The van der Waals surface area contributed by atoms with E-state index in [9.17, 15) is 9.59 Å². The number of carbonyl (C=O) groups excluding carboxylic acids is 2. The molecule has 0 atom stereocenters. The van der Waals surface area contributed by atoms with Crippen LogP contribution in [0.3, 0.4) is 0 Å². The Balaban J connectivity index is 1.45. The largest absolute Gasteiger partial charge is 0.338 e. The number of thiophene rings is 1. The van der Waals surface area contributed by atoms with Crippen LogP contribution in [-0.4, -0.2) is 73.3 Å². The zero-order valence-electron chi connectivity index (χ0n) is 13.9. The number of likely N-dealkylation sites (N-methyl/N-ethyl adjacent to an activating group) is 1. The number of aryl methyl sites for hydroxylation is 1. The highest BCUT2D eigenvalue weighted by atomic mass is 32.1. The second-order valence-electron chi connectivity index (χ2n) is 6.93. The van der Waals surface area contributed by atoms with Crippen LogP contribution >= 0.6 is 11.3 Å². The van der Waals surface area contributed by atoms with Gasteiger partial charge in [0.15, 0.2) is 0 Å². The van der Waals surface area contributed by atoms with Crippen LogP contribution in [0.25, 0.3) is 0 Å². The highest BCUT2D eigenvalue weighted by molar-refractivity contribution is 7.13. The molecular weight excluding hydrogens is 310 g/mol. The predicted molar refractivity (Wildman–Crippen MR) is 91.7 cm³/mol. The van der Waals surface area contributed by atoms with Crippen molar-refractivity contribution in [2.24, 2.45) is 5.41 Å². The first-order valence-electron chi connectivity index (χ1n) is 7.84. The first-order valence-corrected chi connectivity index (χ1v) is 8.66. The summed E-state index contributed by atoms with van der Waals surface area (Å²) in [6, 6.07) is 3.89. The van der Waals surface area contributed by atoms with E-state index in [2.05, 4.69) is 0 Å². The molecule has 2 amide bonds. The molecule has 2 aliphatic rings. The van der Waals surface area contributed by atoms with Crippen molar-refractivity contribution in [2.75, 3.05) is 46.8 Å². The first kappa shape index (κ1) is 16.2. The molecule has 23 heavy (non-hydrogen) atoms. The van der Waals surface area contributed by atoms with Crippen LogP contribution in [0.5, 0.6) is 0 Å². The van der Waals surface area contributed by atoms with Gasteiger partial charge in [0.1, 0.15) is 0 Å². The van der Waals surface area contributed by atoms with Gasteiger partial charge in [-0.3, -0.25) is 9.59 Å². The summed E-state index contributed by atoms with van der Waals surface area (Å²) in [5.74, 6) is 0.209. The molecule has 6 heteroatoms. The van der Waals surface area contributed by atoms with Gasteiger partial charge in [-0.25, -0.2) is 0 Å². The van der Waals surface area contributed by atoms with Gasteiger partial charge in [-0.1, -0.05) is 6.08 Å². The van der Waals surface area contributed by atoms with E-state index >= 15 is 0 Å². The zero-order valence-corrected chi connectivity index (χ0v) is 14.7. The van der Waals surface area contributed by atoms with E-state index in [0.717, 1.165) is 42.5 Å². The number of carbonyl (C=O) groups is 2. The molecule has 1 aromatic heterocycles. The maximum Gasteiger partial charge on any atom is 0.263 e. The zero-order chi connectivity index (χ0) is 16.6. The van der Waals surface area contributed by atoms with Gasteiger partial charge < -0.3 is 14.7 Å². The predicted octanol–water partition coefficient (Wildman–Crippen LogP) is 1.46. The van der Waals surface area contributed by atoms with Crippen LogP contribution < -0.4 is 0 Å². The molecule has 1 aromatic rings. The van der Waals surface area contributed by atoms with Gasteiger partial charge in [0.2, 0.25) is 5.91 Å². The molecule has 0 unspecified atom stereocenters. The third-order valence-corrected chi connectivity index (χ3v) is 5.37. The summed E-state index contributed by atoms with van der Waals surface area (Å²) in [4.78, 5) is 32.1. The number of nitrogens with zero attached hydrogens (tertiary/aromatic N) is 3. The number of amides is 2. The smallest absolute Gasteiger partial charge is 0.263 e. The van der Waals surface area contributed by atoms with Gasteiger partial charge in [-0.05, 0) is 33.2 Å². The number of hydrogen-bond acceptors (Lipinski definition) is 4. The molecule has 0 N–H and O–H groups in total. The van der Waals surface area contributed by atoms with Crippen molar-refractivity contribution >= 4 is 23.2 Å². The van der Waals surface area contributed by atoms with E-state index in [1.54, 1.807) is 17.4 Å². The lowest BCUT2D eigenvalue weighted by Gasteiger charge is -2.59. The molecule has 124 valence electrons. The summed E-state index contributed by atoms with van der Waals surface area (Å²) in [5.41, 5.74) is 0.146. The van der Waals surface area contributed by atoms with E-state index in [0.29, 0.717) is 0 Å². The van der Waals surface area contributed by atoms with Crippen molar-refractivity contribution < 1.29 is 9.59 Å². The molecule has 0 aromatic carbocycles. The number of rotatable bonds is 4. The molecule has 2 fully saturated rings. The summed E-state index contributed by atoms with van der Waals surface area (Å²) in [7, 11) is 3.95. The third-order valence-electron chi connectivity index (χ3n) is 4.39. The fourth-order valence-corrected chi connectivity index (χ4v) is 4.04. The average Bonchev–Trinajstić information content (AvgIpc) is 2.81. The molecule has 2 saturated heterocycles. The number of likely N-dealkylation sites (tertiary alicyclic amines) is 2. The molecule has 0 aliphatic carbocycles. The molecule has 0 saturated carbocycles. The Morgan fingerprint density at radius 3 is 2.43 bits per heavy atom. The van der Waals surface area contributed by atoms with Crippen molar-refractivity contribution in [1.29, 1.82) is 0 Å². The van der Waals surface area contributed by atoms with E-state index in [1.807, 2.05) is 53.9 Å². The van der Waals surface area contributed by atoms with Crippen LogP contribution in [-0.2, 0) is 4.79 Å². The number of hydrogen-bond donors (Lipinski definition) is 0. The van der Waals surface area contributed by atoms with Gasteiger partial charge in [0, 0.05) is 49.1 Å². The normalized spacial score (nSPS) is 19.3. The topological polar surface area (TPSA) is 43.9 Å². The average molecular weight is 333 g/mol. The van der Waals surface area contributed by atoms with Crippen molar-refractivity contribution in [3.8, 4) is 0 Å². The maximum absolute atomic E-state index is 12.3. The Morgan fingerprint density at radius 2 is 1.87 bits per heavy atom. The minimum absolute atomic E-state index is 0.0798. The highest BCUT2D eigenvalue weighted by Crippen LogP contribution is 2.40. The van der Waals surface area contributed by atoms with Crippen molar-refractivity contribution in [2.45, 2.75) is 6.92 Å². The first-order chi connectivity index (χ1) is 10.9. The van der Waals surface area contributed by atoms with Crippen LogP contribution in [0.15, 0.2) is 24.3 Å². The van der Waals surface area contributed by atoms with E-state index in [1.165, 1.54) is 0 Å². The Hall–Kier alpha value is -1.66. The summed E-state index contributed by atoms with van der Waals surface area (Å²) in [6.07, 6.45) is 3.55. The second kappa shape index (κ2) is 6.09. The summed E-state index contributed by atoms with van der Waals surface area (Å²) < 4.78 is 0. The van der Waals surface area contributed by atoms with Gasteiger partial charge in [-0.2, -0.15) is 0 Å². The second-order valence-corrected chi connectivity index (χ2v) is 8.22. The van der Waals surface area contributed by atoms with E-state index < -0.39 is 0 Å². The molecule has 5 nitrogen and oxygen atoms in total. The standard InChI is InChI=1S/C17H23N3O2S/c1-13-6-7-14(23-13)16(22)20-11-17(12-20)9-19(10-17)15(21)5-4-8-18(2)3/h4-7H,8-12H2,1-3H3/b5-4+. The van der Waals surface area contributed by atoms with Gasteiger partial charge in [0.05, 0.1) is 4.88 Å². The van der Waals surface area contributed by atoms with Crippen LogP contribution in [0, 0.1) is 12.3 Å². The Bertz CT molecular complexity index is 636. The molecule has 0 bridgehead atoms. The van der Waals surface area contributed by atoms with Crippen LogP contribution in [0.2, 0.25) is 0 Å². The third kappa shape index (κ3) is 3.33. The van der Waals surface area contributed by atoms with Gasteiger partial charge >= 0.3 is 0 Å². The molecule has 1 spiro atoms. The molecule has 2 aliphatic heterocycles. The quantitative estimate of drug-likeness (QED) is 0.784. The lowest BCUT2D eigenvalue weighted by atomic mass is 9.72. The fraction of sp³-hybridized carbons (Fsp3) is 0.529. The van der Waals surface area contributed by atoms with E-state index in [-0.39, 0.29) is 17.2 Å². The monoisotopic (exact) mass is 333 g/mol. The van der Waals surface area contributed by atoms with Crippen molar-refractivity contribution in [3.05, 3.63) is 34.0 Å². The van der Waals surface area contributed by atoms with E-state index in [4.69, 9.17) is 0 Å². The Morgan fingerprint density at radius 1 is 1.22 bits per heavy atom. The van der Waals surface area contributed by atoms with Gasteiger partial charge in [-0.15, -0.1) is 11.3 Å². The Kier molecular flexibility index (Phi) is 4.29. The van der Waals surface area contributed by atoms with Crippen molar-refractivity contribution in [3.63, 3.8) is 0 Å². The maximum atomic E-state index is 12.3. The molecular formula is C17H23N3O2S. The minimum Gasteiger partial charge on any atom is -0.338 e. The van der Waals surface area contributed by atoms with Gasteiger partial charge in [0.25, 0.3) is 5.91 Å². The summed E-state index contributed by atoms with van der Waals surface area (Å²) >= 11 is 1.55. The molecule has 0 radical (unpaired) electrons. The van der Waals surface area contributed by atoms with Crippen LogP contribution in [0.4, 0.5) is 0 Å². The van der Waals surface area contributed by atoms with Crippen molar-refractivity contribution in [1.82, 2.24) is 14.7 Å². The fourth-order valence-electron chi connectivity index (χ4n) is 3.20. The summed E-state index contributed by atoms with van der Waals surface area (Å²) in [6.45, 7) is 5.87. The Labute approximate surface area is 141 Å². The SMILES string of the molecule is Cc1ccc(C(=O)N2CC3(CN(C(=O)/C=C/CN(C)C)C3)C2)s1. The highest BCUT2D eigenvalue weighted by Gasteiger charge is 2.54.